The number of carbonyl (C=O) groups excluding carboxylic acids is 2. The summed E-state index contributed by atoms with van der Waals surface area (Å²) in [6, 6.07) is 10.8. The molecule has 1 aromatic carbocycles. The van der Waals surface area contributed by atoms with Crippen molar-refractivity contribution in [1.82, 2.24) is 4.90 Å². The van der Waals surface area contributed by atoms with Crippen LogP contribution in [-0.4, -0.2) is 35.8 Å². The molecule has 4 rings (SSSR count). The van der Waals surface area contributed by atoms with Crippen LogP contribution >= 0.6 is 0 Å². The molecule has 0 aliphatic heterocycles. The van der Waals surface area contributed by atoms with Gasteiger partial charge in [0.05, 0.1) is 5.41 Å². The third-order valence-electron chi connectivity index (χ3n) is 7.30. The van der Waals surface area contributed by atoms with Crippen molar-refractivity contribution in [2.75, 3.05) is 6.54 Å². The summed E-state index contributed by atoms with van der Waals surface area (Å²) >= 11 is 0. The van der Waals surface area contributed by atoms with Crippen molar-refractivity contribution in [3.63, 3.8) is 0 Å². The van der Waals surface area contributed by atoms with E-state index in [1.165, 1.54) is 24.8 Å². The van der Waals surface area contributed by atoms with Gasteiger partial charge in [-0.1, -0.05) is 30.3 Å². The fraction of sp³-hybridized carbons (Fsp3) is 0.667. The van der Waals surface area contributed by atoms with Crippen LogP contribution in [0.3, 0.4) is 0 Å². The van der Waals surface area contributed by atoms with Crippen molar-refractivity contribution in [1.29, 1.82) is 0 Å². The van der Waals surface area contributed by atoms with Gasteiger partial charge in [-0.25, -0.2) is 4.79 Å². The fourth-order valence-electron chi connectivity index (χ4n) is 5.96. The van der Waals surface area contributed by atoms with E-state index in [-0.39, 0.29) is 18.1 Å². The van der Waals surface area contributed by atoms with E-state index in [0.717, 1.165) is 5.92 Å². The van der Waals surface area contributed by atoms with E-state index in [1.807, 2.05) is 17.9 Å². The van der Waals surface area contributed by atoms with Crippen molar-refractivity contribution in [3.05, 3.63) is 35.9 Å². The number of likely N-dealkylation sites (N-methyl/N-ethyl adjacent to an activating group) is 1. The van der Waals surface area contributed by atoms with Crippen molar-refractivity contribution in [3.8, 4) is 0 Å². The van der Waals surface area contributed by atoms with Gasteiger partial charge in [-0.3, -0.25) is 4.79 Å². The largest absolute Gasteiger partial charge is 0.425 e. The van der Waals surface area contributed by atoms with Crippen LogP contribution in [0.4, 0.5) is 4.79 Å². The third-order valence-corrected chi connectivity index (χ3v) is 7.30. The van der Waals surface area contributed by atoms with E-state index in [0.29, 0.717) is 23.8 Å². The van der Waals surface area contributed by atoms with E-state index in [2.05, 4.69) is 24.3 Å². The normalized spacial score (nSPS) is 33.0. The monoisotopic (exact) mass is 399 g/mol. The Hall–Kier alpha value is -2.04. The Balaban J connectivity index is 1.49. The summed E-state index contributed by atoms with van der Waals surface area (Å²) in [6.07, 6.45) is 2.48. The molecule has 0 bridgehead atoms. The van der Waals surface area contributed by atoms with Gasteiger partial charge in [0, 0.05) is 25.4 Å². The van der Waals surface area contributed by atoms with Crippen LogP contribution in [0.2, 0.25) is 0 Å². The van der Waals surface area contributed by atoms with E-state index in [9.17, 15) is 9.59 Å². The number of hydrogen-bond acceptors (Lipinski definition) is 4. The fourth-order valence-corrected chi connectivity index (χ4v) is 5.96. The molecule has 0 N–H and O–H groups in total. The molecular formula is C24H33NO4. The average Bonchev–Trinajstić information content (AvgIpc) is 3.31. The molecule has 3 aliphatic rings. The Morgan fingerprint density at radius 3 is 2.45 bits per heavy atom. The van der Waals surface area contributed by atoms with Crippen LogP contribution in [0, 0.1) is 22.7 Å². The maximum absolute atomic E-state index is 13.0. The molecule has 6 atom stereocenters. The predicted octanol–water partition coefficient (Wildman–Crippen LogP) is 4.96. The van der Waals surface area contributed by atoms with Gasteiger partial charge >= 0.3 is 12.1 Å². The van der Waals surface area contributed by atoms with Gasteiger partial charge in [-0.2, -0.15) is 0 Å². The van der Waals surface area contributed by atoms with Crippen LogP contribution < -0.4 is 0 Å². The maximum atomic E-state index is 13.0. The van der Waals surface area contributed by atoms with E-state index >= 15 is 0 Å². The Bertz CT molecular complexity index is 786. The van der Waals surface area contributed by atoms with Crippen LogP contribution in [0.5, 0.6) is 0 Å². The van der Waals surface area contributed by atoms with Gasteiger partial charge in [0.25, 0.3) is 0 Å². The third kappa shape index (κ3) is 3.23. The standard InChI is InChI=1S/C24H33NO4/c1-6-25(22(27)29-15(2)28-21(26)23(3,4)5)20-18-13-12-17-14-24(17,18)19(20)16-10-8-7-9-11-16/h7-11,15,17-20H,6,12-14H2,1-5H3. The molecule has 0 heterocycles. The van der Waals surface area contributed by atoms with Gasteiger partial charge < -0.3 is 14.4 Å². The van der Waals surface area contributed by atoms with Gasteiger partial charge in [0.1, 0.15) is 0 Å². The topological polar surface area (TPSA) is 55.8 Å². The number of carbonyl (C=O) groups is 2. The first-order chi connectivity index (χ1) is 13.7. The predicted molar refractivity (Wildman–Crippen MR) is 110 cm³/mol. The van der Waals surface area contributed by atoms with Gasteiger partial charge in [0.2, 0.25) is 6.29 Å². The number of rotatable bonds is 5. The van der Waals surface area contributed by atoms with Crippen LogP contribution in [0.25, 0.3) is 0 Å². The summed E-state index contributed by atoms with van der Waals surface area (Å²) in [5.41, 5.74) is 1.09. The first kappa shape index (κ1) is 20.2. The lowest BCUT2D eigenvalue weighted by Crippen LogP contribution is -2.60. The van der Waals surface area contributed by atoms with E-state index in [1.54, 1.807) is 27.7 Å². The van der Waals surface area contributed by atoms with Crippen LogP contribution in [0.1, 0.15) is 65.4 Å². The van der Waals surface area contributed by atoms with Gasteiger partial charge in [0.15, 0.2) is 0 Å². The highest BCUT2D eigenvalue weighted by Crippen LogP contribution is 2.81. The summed E-state index contributed by atoms with van der Waals surface area (Å²) in [7, 11) is 0. The second-order valence-corrected chi connectivity index (χ2v) is 9.97. The van der Waals surface area contributed by atoms with Gasteiger partial charge in [-0.15, -0.1) is 0 Å². The molecule has 0 radical (unpaired) electrons. The zero-order valence-electron chi connectivity index (χ0n) is 18.2. The second kappa shape index (κ2) is 7.03. The quantitative estimate of drug-likeness (QED) is 0.519. The van der Waals surface area contributed by atoms with Gasteiger partial charge in [-0.05, 0) is 69.8 Å². The molecule has 1 aromatic rings. The highest BCUT2D eigenvalue weighted by Gasteiger charge is 2.77. The minimum absolute atomic E-state index is 0.160. The zero-order chi connectivity index (χ0) is 21.0. The molecule has 3 saturated carbocycles. The first-order valence-corrected chi connectivity index (χ1v) is 10.9. The lowest BCUT2D eigenvalue weighted by Gasteiger charge is -2.56. The molecular weight excluding hydrogens is 366 g/mol. The average molecular weight is 400 g/mol. The Morgan fingerprint density at radius 2 is 1.86 bits per heavy atom. The molecule has 1 amide bonds. The van der Waals surface area contributed by atoms with E-state index in [4.69, 9.17) is 9.47 Å². The summed E-state index contributed by atoms with van der Waals surface area (Å²) < 4.78 is 10.9. The molecule has 29 heavy (non-hydrogen) atoms. The smallest absolute Gasteiger partial charge is 0.413 e. The summed E-state index contributed by atoms with van der Waals surface area (Å²) in [4.78, 5) is 27.0. The first-order valence-electron chi connectivity index (χ1n) is 10.9. The highest BCUT2D eigenvalue weighted by atomic mass is 16.7. The molecule has 5 nitrogen and oxygen atoms in total. The molecule has 0 aromatic heterocycles. The molecule has 158 valence electrons. The van der Waals surface area contributed by atoms with Crippen molar-refractivity contribution >= 4 is 12.1 Å². The number of nitrogens with zero attached hydrogens (tertiary/aromatic N) is 1. The minimum Gasteiger partial charge on any atom is -0.425 e. The second-order valence-electron chi connectivity index (χ2n) is 9.97. The molecule has 0 saturated heterocycles. The Kier molecular flexibility index (Phi) is 4.91. The van der Waals surface area contributed by atoms with Crippen molar-refractivity contribution < 1.29 is 19.1 Å². The van der Waals surface area contributed by atoms with Crippen molar-refractivity contribution in [2.24, 2.45) is 22.7 Å². The summed E-state index contributed by atoms with van der Waals surface area (Å²) in [6.45, 7) is 9.55. The number of ether oxygens (including phenoxy) is 2. The Labute approximate surface area is 173 Å². The molecule has 3 fully saturated rings. The number of esters is 1. The minimum atomic E-state index is -0.898. The lowest BCUT2D eigenvalue weighted by atomic mass is 9.55. The number of amides is 1. The molecule has 5 heteroatoms. The summed E-state index contributed by atoms with van der Waals surface area (Å²) in [5.74, 6) is 1.37. The highest BCUT2D eigenvalue weighted by molar-refractivity contribution is 5.76. The molecule has 1 spiro atoms. The number of benzene rings is 1. The zero-order valence-corrected chi connectivity index (χ0v) is 18.2. The SMILES string of the molecule is CCN(C(=O)OC(C)OC(=O)C(C)(C)C)C1C2CCC3CC32C1c1ccccc1. The number of hydrogen-bond donors (Lipinski definition) is 0. The maximum Gasteiger partial charge on any atom is 0.413 e. The lowest BCUT2D eigenvalue weighted by molar-refractivity contribution is -0.176. The molecule has 6 unspecified atom stereocenters. The Morgan fingerprint density at radius 1 is 1.17 bits per heavy atom. The summed E-state index contributed by atoms with van der Waals surface area (Å²) in [5, 5.41) is 0. The van der Waals surface area contributed by atoms with E-state index < -0.39 is 11.7 Å². The van der Waals surface area contributed by atoms with Crippen LogP contribution in [0.15, 0.2) is 30.3 Å². The van der Waals surface area contributed by atoms with Crippen molar-refractivity contribution in [2.45, 2.75) is 72.1 Å². The molecule has 3 aliphatic carbocycles. The van der Waals surface area contributed by atoms with Crippen LogP contribution in [-0.2, 0) is 14.3 Å².